The van der Waals surface area contributed by atoms with Crippen LogP contribution in [0.3, 0.4) is 0 Å². The Morgan fingerprint density at radius 1 is 1.22 bits per heavy atom. The van der Waals surface area contributed by atoms with Crippen LogP contribution < -0.4 is 27.6 Å². The molecule has 2 aromatic heterocycles. The summed E-state index contributed by atoms with van der Waals surface area (Å²) < 4.78 is 4.07. The minimum Gasteiger partial charge on any atom is -0.383 e. The smallest absolute Gasteiger partial charge is 0.346 e. The number of H-pyrrole nitrogens is 1. The van der Waals surface area contributed by atoms with Gasteiger partial charge in [-0.25, -0.2) is 14.3 Å². The van der Waals surface area contributed by atoms with E-state index in [1.165, 1.54) is 9.47 Å². The van der Waals surface area contributed by atoms with Crippen LogP contribution in [0.5, 0.6) is 0 Å². The summed E-state index contributed by atoms with van der Waals surface area (Å²) in [5.41, 5.74) is 4.52. The lowest BCUT2D eigenvalue weighted by atomic mass is 10.2. The zero-order valence-corrected chi connectivity index (χ0v) is 19.1. The standard InChI is InChI=1S/C21H33N7O4/c1-4-5-10-26(17-18(22)27(12-14(2)3)20(31)23-19(17)30)16(29)13-28-21(32)25-11-8-6-7-9-15(25)24-28/h14H,4-13,22H2,1-3H3,(H,23,30,31). The Balaban J connectivity index is 1.99. The Hall–Kier alpha value is -3.11. The van der Waals surface area contributed by atoms with Crippen molar-refractivity contribution in [3.05, 3.63) is 37.1 Å². The fraction of sp³-hybridized carbons (Fsp3) is 0.667. The van der Waals surface area contributed by atoms with Crippen molar-refractivity contribution in [3.63, 3.8) is 0 Å². The average Bonchev–Trinajstić information content (AvgIpc) is 2.89. The molecule has 1 aliphatic rings. The zero-order chi connectivity index (χ0) is 23.4. The molecule has 0 unspecified atom stereocenters. The Bertz CT molecular complexity index is 1140. The SMILES string of the molecule is CCCCN(C(=O)Cn1nc2n(c1=O)CCCCC2)c1c(N)n(CC(C)C)c(=O)[nH]c1=O. The molecule has 1 amide bonds. The largest absolute Gasteiger partial charge is 0.383 e. The topological polar surface area (TPSA) is 141 Å². The van der Waals surface area contributed by atoms with Crippen LogP contribution in [-0.2, 0) is 30.8 Å². The van der Waals surface area contributed by atoms with Crippen molar-refractivity contribution in [2.24, 2.45) is 5.92 Å². The predicted octanol–water partition coefficient (Wildman–Crippen LogP) is 0.693. The molecule has 176 valence electrons. The number of nitrogens with zero attached hydrogens (tertiary/aromatic N) is 5. The molecular weight excluding hydrogens is 414 g/mol. The fourth-order valence-corrected chi connectivity index (χ4v) is 4.00. The lowest BCUT2D eigenvalue weighted by molar-refractivity contribution is -0.119. The molecule has 0 fully saturated rings. The number of anilines is 2. The van der Waals surface area contributed by atoms with Crippen molar-refractivity contribution in [2.75, 3.05) is 17.2 Å². The fourth-order valence-electron chi connectivity index (χ4n) is 4.00. The molecule has 3 rings (SSSR count). The summed E-state index contributed by atoms with van der Waals surface area (Å²) in [5, 5.41) is 4.37. The van der Waals surface area contributed by atoms with E-state index < -0.39 is 17.2 Å². The molecule has 0 aliphatic carbocycles. The van der Waals surface area contributed by atoms with Crippen molar-refractivity contribution >= 4 is 17.4 Å². The van der Waals surface area contributed by atoms with Gasteiger partial charge in [0, 0.05) is 26.1 Å². The quantitative estimate of drug-likeness (QED) is 0.610. The van der Waals surface area contributed by atoms with E-state index in [2.05, 4.69) is 10.1 Å². The second-order valence-corrected chi connectivity index (χ2v) is 8.72. The summed E-state index contributed by atoms with van der Waals surface area (Å²) >= 11 is 0. The number of nitrogens with one attached hydrogen (secondary N) is 1. The molecule has 0 saturated heterocycles. The Labute approximate surface area is 185 Å². The molecule has 0 aromatic carbocycles. The molecule has 0 spiro atoms. The zero-order valence-electron chi connectivity index (χ0n) is 19.1. The van der Waals surface area contributed by atoms with E-state index >= 15 is 0 Å². The first-order valence-electron chi connectivity index (χ1n) is 11.3. The lowest BCUT2D eigenvalue weighted by Crippen LogP contribution is -2.44. The van der Waals surface area contributed by atoms with Crippen LogP contribution in [-0.4, -0.2) is 36.4 Å². The van der Waals surface area contributed by atoms with E-state index in [9.17, 15) is 19.2 Å². The van der Waals surface area contributed by atoms with Crippen LogP contribution in [0.25, 0.3) is 0 Å². The van der Waals surface area contributed by atoms with Gasteiger partial charge < -0.3 is 10.6 Å². The van der Waals surface area contributed by atoms with Crippen LogP contribution in [0.1, 0.15) is 58.7 Å². The van der Waals surface area contributed by atoms with Crippen LogP contribution in [0.4, 0.5) is 11.5 Å². The second-order valence-electron chi connectivity index (χ2n) is 8.72. The predicted molar refractivity (Wildman–Crippen MR) is 122 cm³/mol. The van der Waals surface area contributed by atoms with Gasteiger partial charge in [0.05, 0.1) is 0 Å². The molecule has 32 heavy (non-hydrogen) atoms. The summed E-state index contributed by atoms with van der Waals surface area (Å²) in [5.74, 6) is 0.266. The maximum Gasteiger partial charge on any atom is 0.346 e. The maximum atomic E-state index is 13.3. The normalized spacial score (nSPS) is 13.8. The van der Waals surface area contributed by atoms with Crippen LogP contribution in [0.2, 0.25) is 0 Å². The summed E-state index contributed by atoms with van der Waals surface area (Å²) in [4.78, 5) is 54.6. The van der Waals surface area contributed by atoms with Gasteiger partial charge in [-0.05, 0) is 25.2 Å². The lowest BCUT2D eigenvalue weighted by Gasteiger charge is -2.24. The number of aromatic amines is 1. The number of fused-ring (bicyclic) bond motifs is 1. The Morgan fingerprint density at radius 3 is 2.66 bits per heavy atom. The number of rotatable bonds is 8. The minimum atomic E-state index is -0.718. The molecule has 0 atom stereocenters. The highest BCUT2D eigenvalue weighted by molar-refractivity contribution is 5.95. The highest BCUT2D eigenvalue weighted by atomic mass is 16.2. The number of hydrogen-bond donors (Lipinski definition) is 2. The molecule has 3 heterocycles. The van der Waals surface area contributed by atoms with E-state index in [1.54, 1.807) is 4.57 Å². The maximum absolute atomic E-state index is 13.3. The van der Waals surface area contributed by atoms with Gasteiger partial charge in [0.2, 0.25) is 5.91 Å². The van der Waals surface area contributed by atoms with Crippen LogP contribution in [0, 0.1) is 5.92 Å². The van der Waals surface area contributed by atoms with Crippen LogP contribution >= 0.6 is 0 Å². The van der Waals surface area contributed by atoms with E-state index in [0.29, 0.717) is 31.8 Å². The van der Waals surface area contributed by atoms with Gasteiger partial charge in [-0.1, -0.05) is 33.6 Å². The molecule has 0 bridgehead atoms. The number of amides is 1. The van der Waals surface area contributed by atoms with Gasteiger partial charge in [-0.15, -0.1) is 0 Å². The number of unbranched alkanes of at least 4 members (excludes halogenated alkanes) is 1. The number of carbonyl (C=O) groups is 1. The summed E-state index contributed by atoms with van der Waals surface area (Å²) in [6.07, 6.45) is 5.01. The van der Waals surface area contributed by atoms with Crippen molar-refractivity contribution in [3.8, 4) is 0 Å². The molecule has 0 saturated carbocycles. The first kappa shape index (κ1) is 23.6. The highest BCUT2D eigenvalue weighted by Gasteiger charge is 2.26. The molecule has 11 heteroatoms. The number of aryl methyl sites for hydroxylation is 1. The third-order valence-electron chi connectivity index (χ3n) is 5.63. The van der Waals surface area contributed by atoms with Gasteiger partial charge in [0.15, 0.2) is 5.69 Å². The van der Waals surface area contributed by atoms with E-state index in [0.717, 1.165) is 30.4 Å². The molecular formula is C21H33N7O4. The van der Waals surface area contributed by atoms with Gasteiger partial charge >= 0.3 is 11.4 Å². The first-order valence-corrected chi connectivity index (χ1v) is 11.3. The van der Waals surface area contributed by atoms with Crippen molar-refractivity contribution < 1.29 is 4.79 Å². The minimum absolute atomic E-state index is 0.0510. The number of aromatic nitrogens is 5. The van der Waals surface area contributed by atoms with E-state index in [4.69, 9.17) is 5.73 Å². The second kappa shape index (κ2) is 10.0. The monoisotopic (exact) mass is 447 g/mol. The molecule has 3 N–H and O–H groups in total. The van der Waals surface area contributed by atoms with Gasteiger partial charge in [0.1, 0.15) is 18.2 Å². The molecule has 1 aliphatic heterocycles. The Morgan fingerprint density at radius 2 is 1.97 bits per heavy atom. The molecule has 11 nitrogen and oxygen atoms in total. The summed E-state index contributed by atoms with van der Waals surface area (Å²) in [6.45, 7) is 6.65. The summed E-state index contributed by atoms with van der Waals surface area (Å²) in [7, 11) is 0. The highest BCUT2D eigenvalue weighted by Crippen LogP contribution is 2.19. The number of nitrogens with two attached hydrogens (primary N) is 1. The van der Waals surface area contributed by atoms with E-state index in [-0.39, 0.29) is 36.2 Å². The third-order valence-corrected chi connectivity index (χ3v) is 5.63. The average molecular weight is 448 g/mol. The van der Waals surface area contributed by atoms with Gasteiger partial charge in [-0.3, -0.25) is 23.7 Å². The molecule has 2 aromatic rings. The van der Waals surface area contributed by atoms with Gasteiger partial charge in [-0.2, -0.15) is 5.10 Å². The van der Waals surface area contributed by atoms with Crippen molar-refractivity contribution in [1.82, 2.24) is 23.9 Å². The Kier molecular flexibility index (Phi) is 7.37. The van der Waals surface area contributed by atoms with Gasteiger partial charge in [0.25, 0.3) is 5.56 Å². The number of nitrogen functional groups attached to an aromatic ring is 1. The summed E-state index contributed by atoms with van der Waals surface area (Å²) in [6, 6.07) is 0. The van der Waals surface area contributed by atoms with Crippen molar-refractivity contribution in [1.29, 1.82) is 0 Å². The first-order chi connectivity index (χ1) is 15.2. The van der Waals surface area contributed by atoms with Crippen molar-refractivity contribution in [2.45, 2.75) is 78.9 Å². The number of hydrogen-bond acceptors (Lipinski definition) is 6. The number of carbonyl (C=O) groups excluding carboxylic acids is 1. The third kappa shape index (κ3) is 4.86. The van der Waals surface area contributed by atoms with E-state index in [1.807, 2.05) is 20.8 Å². The van der Waals surface area contributed by atoms with Crippen LogP contribution in [0.15, 0.2) is 14.4 Å². The molecule has 0 radical (unpaired) electrons.